The molecule has 2 N–H and O–H groups in total. The van der Waals surface area contributed by atoms with Crippen LogP contribution >= 0.6 is 0 Å². The van der Waals surface area contributed by atoms with Crippen LogP contribution in [0, 0.1) is 20.8 Å². The van der Waals surface area contributed by atoms with E-state index in [4.69, 9.17) is 9.47 Å². The summed E-state index contributed by atoms with van der Waals surface area (Å²) in [7, 11) is 1.67. The summed E-state index contributed by atoms with van der Waals surface area (Å²) < 4.78 is 11.0. The fourth-order valence-corrected chi connectivity index (χ4v) is 4.98. The van der Waals surface area contributed by atoms with Gasteiger partial charge in [0.1, 0.15) is 17.3 Å². The number of nitrogens with zero attached hydrogens (tertiary/aromatic N) is 2. The minimum atomic E-state index is -0.351. The Hall–Kier alpha value is -4.43. The number of hydrogen-bond acceptors (Lipinski definition) is 5. The summed E-state index contributed by atoms with van der Waals surface area (Å²) in [5, 5.41) is 2.90. The molecule has 8 nitrogen and oxygen atoms in total. The second kappa shape index (κ2) is 11.1. The lowest BCUT2D eigenvalue weighted by molar-refractivity contribution is 0.0303. The van der Waals surface area contributed by atoms with Crippen LogP contribution < -0.4 is 10.1 Å². The molecule has 2 amide bonds. The summed E-state index contributed by atoms with van der Waals surface area (Å²) in [5.41, 5.74) is 7.10. The Balaban J connectivity index is 1.42. The van der Waals surface area contributed by atoms with Crippen LogP contribution in [0.4, 0.5) is 5.69 Å². The zero-order chi connectivity index (χ0) is 27.5. The van der Waals surface area contributed by atoms with Crippen LogP contribution in [-0.4, -0.2) is 60.1 Å². The molecule has 5 rings (SSSR count). The third-order valence-electron chi connectivity index (χ3n) is 7.08. The number of anilines is 1. The second-order valence-electron chi connectivity index (χ2n) is 9.63. The number of rotatable bonds is 6. The molecule has 1 fully saturated rings. The molecule has 0 radical (unpaired) electrons. The molecule has 4 aromatic rings. The number of amides is 2. The number of morpholine rings is 1. The van der Waals surface area contributed by atoms with Crippen molar-refractivity contribution in [3.8, 4) is 28.3 Å². The van der Waals surface area contributed by atoms with Gasteiger partial charge in [-0.1, -0.05) is 30.3 Å². The average molecular weight is 525 g/mol. The van der Waals surface area contributed by atoms with E-state index in [2.05, 4.69) is 34.3 Å². The summed E-state index contributed by atoms with van der Waals surface area (Å²) in [4.78, 5) is 35.9. The highest BCUT2D eigenvalue weighted by atomic mass is 16.5. The summed E-state index contributed by atoms with van der Waals surface area (Å²) in [6.45, 7) is 8.11. The number of methoxy groups -OCH3 is 1. The summed E-state index contributed by atoms with van der Waals surface area (Å²) >= 11 is 0. The Bertz CT molecular complexity index is 1540. The highest BCUT2D eigenvalue weighted by Gasteiger charge is 2.22. The SMILES string of the molecule is COc1ccc(-c2nc(C(=O)Nc3cccc(C(=O)N4CCOCC4)c3)c(C)[nH]2)c(C)c1-c1ccccc1C. The maximum Gasteiger partial charge on any atom is 0.276 e. The third-order valence-corrected chi connectivity index (χ3v) is 7.08. The number of ether oxygens (including phenoxy) is 2. The van der Waals surface area contributed by atoms with Crippen LogP contribution in [0.15, 0.2) is 60.7 Å². The number of aryl methyl sites for hydroxylation is 2. The monoisotopic (exact) mass is 524 g/mol. The molecule has 39 heavy (non-hydrogen) atoms. The van der Waals surface area contributed by atoms with E-state index < -0.39 is 0 Å². The number of H-pyrrole nitrogens is 1. The van der Waals surface area contributed by atoms with Crippen LogP contribution in [0.3, 0.4) is 0 Å². The standard InChI is InChI=1S/C31H32N4O4/c1-19-8-5-6-11-24(19)27-20(2)25(12-13-26(27)38-4)29-32-21(3)28(34-29)30(36)33-23-10-7-9-22(18-23)31(37)35-14-16-39-17-15-35/h5-13,18H,14-17H2,1-4H3,(H,32,34)(H,33,36). The largest absolute Gasteiger partial charge is 0.496 e. The van der Waals surface area contributed by atoms with E-state index in [1.54, 1.807) is 36.3 Å². The highest BCUT2D eigenvalue weighted by Crippen LogP contribution is 2.39. The van der Waals surface area contributed by atoms with Crippen molar-refractivity contribution in [2.24, 2.45) is 0 Å². The van der Waals surface area contributed by atoms with Gasteiger partial charge in [0.05, 0.1) is 20.3 Å². The van der Waals surface area contributed by atoms with Crippen molar-refractivity contribution in [1.29, 1.82) is 0 Å². The first-order chi connectivity index (χ1) is 18.9. The van der Waals surface area contributed by atoms with Gasteiger partial charge in [0, 0.05) is 41.2 Å². The highest BCUT2D eigenvalue weighted by molar-refractivity contribution is 6.05. The van der Waals surface area contributed by atoms with Gasteiger partial charge in [-0.2, -0.15) is 0 Å². The molecule has 200 valence electrons. The third kappa shape index (κ3) is 5.28. The summed E-state index contributed by atoms with van der Waals surface area (Å²) in [6.07, 6.45) is 0. The van der Waals surface area contributed by atoms with Gasteiger partial charge in [-0.05, 0) is 67.8 Å². The van der Waals surface area contributed by atoms with E-state index >= 15 is 0 Å². The molecule has 2 heterocycles. The summed E-state index contributed by atoms with van der Waals surface area (Å²) in [6, 6.07) is 19.0. The van der Waals surface area contributed by atoms with Crippen LogP contribution in [0.5, 0.6) is 5.75 Å². The smallest absolute Gasteiger partial charge is 0.276 e. The zero-order valence-electron chi connectivity index (χ0n) is 22.6. The summed E-state index contributed by atoms with van der Waals surface area (Å²) in [5.74, 6) is 0.950. The lowest BCUT2D eigenvalue weighted by atomic mass is 9.92. The van der Waals surface area contributed by atoms with Gasteiger partial charge in [-0.3, -0.25) is 9.59 Å². The fraction of sp³-hybridized carbons (Fsp3) is 0.258. The van der Waals surface area contributed by atoms with E-state index in [-0.39, 0.29) is 11.8 Å². The van der Waals surface area contributed by atoms with Crippen molar-refractivity contribution in [2.45, 2.75) is 20.8 Å². The first-order valence-electron chi connectivity index (χ1n) is 13.0. The van der Waals surface area contributed by atoms with Crippen LogP contribution in [0.25, 0.3) is 22.5 Å². The molecule has 8 heteroatoms. The van der Waals surface area contributed by atoms with E-state index in [1.807, 2.05) is 38.1 Å². The molecule has 1 aliphatic heterocycles. The molecule has 0 bridgehead atoms. The van der Waals surface area contributed by atoms with E-state index in [9.17, 15) is 9.59 Å². The minimum Gasteiger partial charge on any atom is -0.496 e. The molecule has 1 aromatic heterocycles. The second-order valence-corrected chi connectivity index (χ2v) is 9.63. The number of carbonyl (C=O) groups is 2. The molecular weight excluding hydrogens is 492 g/mol. The topological polar surface area (TPSA) is 96.5 Å². The molecule has 0 saturated carbocycles. The quantitative estimate of drug-likeness (QED) is 0.352. The predicted octanol–water partition coefficient (Wildman–Crippen LogP) is 5.40. The fourth-order valence-electron chi connectivity index (χ4n) is 4.98. The Morgan fingerprint density at radius 3 is 2.49 bits per heavy atom. The van der Waals surface area contributed by atoms with Gasteiger partial charge in [-0.25, -0.2) is 4.98 Å². The van der Waals surface area contributed by atoms with Crippen LogP contribution in [0.2, 0.25) is 0 Å². The number of carbonyl (C=O) groups excluding carboxylic acids is 2. The van der Waals surface area contributed by atoms with Crippen molar-refractivity contribution >= 4 is 17.5 Å². The Labute approximate surface area is 228 Å². The molecule has 0 spiro atoms. The maximum atomic E-state index is 13.3. The van der Waals surface area contributed by atoms with Gasteiger partial charge in [-0.15, -0.1) is 0 Å². The first kappa shape index (κ1) is 26.2. The Kier molecular flexibility index (Phi) is 7.47. The minimum absolute atomic E-state index is 0.0768. The maximum absolute atomic E-state index is 13.3. The number of hydrogen-bond donors (Lipinski definition) is 2. The number of benzene rings is 3. The van der Waals surface area contributed by atoms with E-state index in [1.165, 1.54) is 0 Å². The predicted molar refractivity (Wildman–Crippen MR) is 151 cm³/mol. The molecule has 1 saturated heterocycles. The Morgan fingerprint density at radius 2 is 1.74 bits per heavy atom. The zero-order valence-corrected chi connectivity index (χ0v) is 22.6. The lowest BCUT2D eigenvalue weighted by Crippen LogP contribution is -2.40. The van der Waals surface area contributed by atoms with Gasteiger partial charge < -0.3 is 24.7 Å². The molecular formula is C31H32N4O4. The van der Waals surface area contributed by atoms with Gasteiger partial charge in [0.25, 0.3) is 11.8 Å². The molecule has 0 atom stereocenters. The molecule has 1 aliphatic rings. The van der Waals surface area contributed by atoms with E-state index in [0.717, 1.165) is 33.6 Å². The van der Waals surface area contributed by atoms with Crippen LogP contribution in [0.1, 0.15) is 37.7 Å². The number of aromatic amines is 1. The van der Waals surface area contributed by atoms with Gasteiger partial charge in [0.15, 0.2) is 0 Å². The van der Waals surface area contributed by atoms with Gasteiger partial charge in [0.2, 0.25) is 0 Å². The lowest BCUT2D eigenvalue weighted by Gasteiger charge is -2.27. The van der Waals surface area contributed by atoms with Crippen molar-refractivity contribution < 1.29 is 19.1 Å². The van der Waals surface area contributed by atoms with E-state index in [0.29, 0.717) is 54.8 Å². The average Bonchev–Trinajstić information content (AvgIpc) is 3.34. The van der Waals surface area contributed by atoms with Crippen LogP contribution in [-0.2, 0) is 4.74 Å². The number of nitrogens with one attached hydrogen (secondary N) is 2. The molecule has 3 aromatic carbocycles. The van der Waals surface area contributed by atoms with Crippen molar-refractivity contribution in [3.05, 3.63) is 88.7 Å². The van der Waals surface area contributed by atoms with Crippen molar-refractivity contribution in [1.82, 2.24) is 14.9 Å². The normalized spacial score (nSPS) is 13.3. The molecule has 0 aliphatic carbocycles. The Morgan fingerprint density at radius 1 is 0.974 bits per heavy atom. The number of imidazole rings is 1. The van der Waals surface area contributed by atoms with Crippen molar-refractivity contribution in [2.75, 3.05) is 38.7 Å². The number of aromatic nitrogens is 2. The van der Waals surface area contributed by atoms with Crippen molar-refractivity contribution in [3.63, 3.8) is 0 Å². The van der Waals surface area contributed by atoms with Gasteiger partial charge >= 0.3 is 0 Å². The first-order valence-corrected chi connectivity index (χ1v) is 13.0. The molecule has 0 unspecified atom stereocenters.